The number of carbonyl (C=O) groups excluding carboxylic acids is 2. The first kappa shape index (κ1) is 26.1. The third-order valence-corrected chi connectivity index (χ3v) is 8.04. The highest BCUT2D eigenvalue weighted by atomic mass is 16.2. The normalized spacial score (nSPS) is 23.9. The SMILES string of the molecule is CNC(=O)Nc1ccc(Cc2ccc(NC(=O)NC3CCC(CC4CCC(C)CC4)CC3)cc2)cc1. The van der Waals surface area contributed by atoms with Crippen molar-refractivity contribution in [2.45, 2.75) is 77.2 Å². The Labute approximate surface area is 216 Å². The fraction of sp³-hybridized carbons (Fsp3) is 0.533. The summed E-state index contributed by atoms with van der Waals surface area (Å²) in [6.45, 7) is 2.39. The summed E-state index contributed by atoms with van der Waals surface area (Å²) in [5, 5.41) is 11.5. The maximum Gasteiger partial charge on any atom is 0.319 e. The Morgan fingerprint density at radius 2 is 1.17 bits per heavy atom. The van der Waals surface area contributed by atoms with E-state index in [-0.39, 0.29) is 18.1 Å². The zero-order valence-electron chi connectivity index (χ0n) is 21.8. The van der Waals surface area contributed by atoms with Crippen LogP contribution in [0.3, 0.4) is 0 Å². The molecule has 2 fully saturated rings. The summed E-state index contributed by atoms with van der Waals surface area (Å²) in [6, 6.07) is 15.8. The van der Waals surface area contributed by atoms with Crippen molar-refractivity contribution in [3.63, 3.8) is 0 Å². The fourth-order valence-corrected chi connectivity index (χ4v) is 5.77. The first-order valence-electron chi connectivity index (χ1n) is 13.7. The summed E-state index contributed by atoms with van der Waals surface area (Å²) >= 11 is 0. The molecular formula is C30H42N4O2. The third-order valence-electron chi connectivity index (χ3n) is 8.04. The van der Waals surface area contributed by atoms with Gasteiger partial charge in [-0.2, -0.15) is 0 Å². The first-order valence-corrected chi connectivity index (χ1v) is 13.7. The molecule has 4 amide bonds. The van der Waals surface area contributed by atoms with E-state index in [1.165, 1.54) is 50.5 Å². The number of hydrogen-bond acceptors (Lipinski definition) is 2. The predicted octanol–water partition coefficient (Wildman–Crippen LogP) is 6.93. The monoisotopic (exact) mass is 490 g/mol. The average molecular weight is 491 g/mol. The molecule has 2 aromatic rings. The molecule has 0 bridgehead atoms. The lowest BCUT2D eigenvalue weighted by Gasteiger charge is -2.33. The van der Waals surface area contributed by atoms with Gasteiger partial charge in [0.25, 0.3) is 0 Å². The molecule has 0 aliphatic heterocycles. The van der Waals surface area contributed by atoms with Crippen molar-refractivity contribution in [3.8, 4) is 0 Å². The van der Waals surface area contributed by atoms with Gasteiger partial charge in [-0.3, -0.25) is 0 Å². The quantitative estimate of drug-likeness (QED) is 0.339. The smallest absolute Gasteiger partial charge is 0.319 e. The van der Waals surface area contributed by atoms with Gasteiger partial charge >= 0.3 is 12.1 Å². The zero-order chi connectivity index (χ0) is 25.3. The Bertz CT molecular complexity index is 973. The predicted molar refractivity (Wildman–Crippen MR) is 147 cm³/mol. The van der Waals surface area contributed by atoms with Crippen molar-refractivity contribution in [1.82, 2.24) is 10.6 Å². The minimum absolute atomic E-state index is 0.105. The molecule has 0 radical (unpaired) electrons. The van der Waals surface area contributed by atoms with Crippen LogP contribution < -0.4 is 21.3 Å². The standard InChI is InChI=1S/C30H42N4O2/c1-21-3-5-22(6-4-21)19-23-9-15-27(16-10-23)33-30(36)34-28-17-11-25(12-18-28)20-24-7-13-26(14-8-24)32-29(35)31-2/h7-8,11-14,17-18,21-23,27H,3-6,9-10,15-16,19-20H2,1-2H3,(H2,31,32,35)(H2,33,34,36). The lowest BCUT2D eigenvalue weighted by atomic mass is 9.75. The second-order valence-corrected chi connectivity index (χ2v) is 11.0. The number of hydrogen-bond donors (Lipinski definition) is 4. The Balaban J connectivity index is 1.16. The third kappa shape index (κ3) is 8.00. The van der Waals surface area contributed by atoms with Crippen LogP contribution in [0.15, 0.2) is 48.5 Å². The van der Waals surface area contributed by atoms with Crippen molar-refractivity contribution in [2.24, 2.45) is 17.8 Å². The molecule has 0 saturated heterocycles. The minimum Gasteiger partial charge on any atom is -0.341 e. The number of benzene rings is 2. The van der Waals surface area contributed by atoms with Crippen molar-refractivity contribution in [1.29, 1.82) is 0 Å². The summed E-state index contributed by atoms with van der Waals surface area (Å²) in [4.78, 5) is 24.0. The van der Waals surface area contributed by atoms with E-state index in [4.69, 9.17) is 0 Å². The number of nitrogens with one attached hydrogen (secondary N) is 4. The van der Waals surface area contributed by atoms with Crippen molar-refractivity contribution in [3.05, 3.63) is 59.7 Å². The van der Waals surface area contributed by atoms with Crippen LogP contribution in [0.4, 0.5) is 21.0 Å². The molecule has 0 heterocycles. The van der Waals surface area contributed by atoms with Crippen LogP contribution in [0.5, 0.6) is 0 Å². The van der Waals surface area contributed by atoms with Gasteiger partial charge in [-0.05, 0) is 91.7 Å². The molecule has 4 rings (SSSR count). The summed E-state index contributed by atoms with van der Waals surface area (Å²) in [7, 11) is 1.59. The Morgan fingerprint density at radius 1 is 0.694 bits per heavy atom. The Morgan fingerprint density at radius 3 is 1.67 bits per heavy atom. The summed E-state index contributed by atoms with van der Waals surface area (Å²) < 4.78 is 0. The zero-order valence-corrected chi connectivity index (χ0v) is 21.8. The van der Waals surface area contributed by atoms with E-state index in [1.54, 1.807) is 7.05 Å². The highest BCUT2D eigenvalue weighted by Crippen LogP contribution is 2.36. The van der Waals surface area contributed by atoms with Crippen molar-refractivity contribution < 1.29 is 9.59 Å². The number of amides is 4. The van der Waals surface area contributed by atoms with Crippen molar-refractivity contribution in [2.75, 3.05) is 17.7 Å². The van der Waals surface area contributed by atoms with Crippen LogP contribution in [0.25, 0.3) is 0 Å². The lowest BCUT2D eigenvalue weighted by Crippen LogP contribution is -2.40. The molecule has 0 atom stereocenters. The molecule has 2 saturated carbocycles. The minimum atomic E-state index is -0.230. The maximum absolute atomic E-state index is 12.6. The molecule has 6 heteroatoms. The van der Waals surface area contributed by atoms with Gasteiger partial charge in [-0.15, -0.1) is 0 Å². The van der Waals surface area contributed by atoms with Crippen LogP contribution in [-0.2, 0) is 6.42 Å². The van der Waals surface area contributed by atoms with Gasteiger partial charge in [0.15, 0.2) is 0 Å². The second-order valence-electron chi connectivity index (χ2n) is 11.0. The van der Waals surface area contributed by atoms with E-state index in [1.807, 2.05) is 48.5 Å². The average Bonchev–Trinajstić information content (AvgIpc) is 2.89. The van der Waals surface area contributed by atoms with Gasteiger partial charge < -0.3 is 21.3 Å². The van der Waals surface area contributed by atoms with Gasteiger partial charge in [-0.1, -0.05) is 56.9 Å². The lowest BCUT2D eigenvalue weighted by molar-refractivity contribution is 0.202. The van der Waals surface area contributed by atoms with Gasteiger partial charge in [-0.25, -0.2) is 9.59 Å². The molecule has 0 unspecified atom stereocenters. The second kappa shape index (κ2) is 12.8. The van der Waals surface area contributed by atoms with Gasteiger partial charge in [0.1, 0.15) is 0 Å². The summed E-state index contributed by atoms with van der Waals surface area (Å²) in [5.41, 5.74) is 3.89. The fourth-order valence-electron chi connectivity index (χ4n) is 5.77. The van der Waals surface area contributed by atoms with Gasteiger partial charge in [0, 0.05) is 24.5 Å². The topological polar surface area (TPSA) is 82.3 Å². The number of urea groups is 2. The maximum atomic E-state index is 12.6. The largest absolute Gasteiger partial charge is 0.341 e. The Kier molecular flexibility index (Phi) is 9.26. The highest BCUT2D eigenvalue weighted by molar-refractivity contribution is 5.89. The molecule has 2 aromatic carbocycles. The van der Waals surface area contributed by atoms with E-state index < -0.39 is 0 Å². The molecular weight excluding hydrogens is 448 g/mol. The van der Waals surface area contributed by atoms with E-state index >= 15 is 0 Å². The molecule has 0 aromatic heterocycles. The summed E-state index contributed by atoms with van der Waals surface area (Å²) in [5.74, 6) is 2.71. The van der Waals surface area contributed by atoms with Crippen LogP contribution in [0.1, 0.15) is 75.8 Å². The van der Waals surface area contributed by atoms with E-state index in [2.05, 4.69) is 28.2 Å². The van der Waals surface area contributed by atoms with Crippen LogP contribution in [-0.4, -0.2) is 25.2 Å². The molecule has 4 N–H and O–H groups in total. The highest BCUT2D eigenvalue weighted by Gasteiger charge is 2.26. The van der Waals surface area contributed by atoms with E-state index in [0.717, 1.165) is 54.0 Å². The van der Waals surface area contributed by atoms with Crippen LogP contribution in [0, 0.1) is 17.8 Å². The number of rotatable bonds is 7. The number of carbonyl (C=O) groups is 2. The molecule has 36 heavy (non-hydrogen) atoms. The van der Waals surface area contributed by atoms with Crippen molar-refractivity contribution >= 4 is 23.4 Å². The Hall–Kier alpha value is -3.02. The molecule has 2 aliphatic carbocycles. The van der Waals surface area contributed by atoms with Gasteiger partial charge in [0.2, 0.25) is 0 Å². The van der Waals surface area contributed by atoms with Gasteiger partial charge in [0.05, 0.1) is 0 Å². The molecule has 6 nitrogen and oxygen atoms in total. The molecule has 2 aliphatic rings. The first-order chi connectivity index (χ1) is 17.5. The number of anilines is 2. The summed E-state index contributed by atoms with van der Waals surface area (Å²) in [6.07, 6.45) is 12.5. The van der Waals surface area contributed by atoms with Crippen LogP contribution >= 0.6 is 0 Å². The molecule has 194 valence electrons. The van der Waals surface area contributed by atoms with E-state index in [0.29, 0.717) is 0 Å². The molecule has 0 spiro atoms. The van der Waals surface area contributed by atoms with Crippen LogP contribution in [0.2, 0.25) is 0 Å². The van der Waals surface area contributed by atoms with E-state index in [9.17, 15) is 9.59 Å².